The van der Waals surface area contributed by atoms with E-state index in [4.69, 9.17) is 4.74 Å². The maximum atomic E-state index is 12.4. The summed E-state index contributed by atoms with van der Waals surface area (Å²) in [6.45, 7) is 8.87. The van der Waals surface area contributed by atoms with Crippen molar-refractivity contribution in [3.05, 3.63) is 74.7 Å². The minimum Gasteiger partial charge on any atom is -0.494 e. The first-order valence-corrected chi connectivity index (χ1v) is 11.1. The van der Waals surface area contributed by atoms with Crippen LogP contribution in [-0.4, -0.2) is 32.8 Å². The second-order valence-corrected chi connectivity index (χ2v) is 9.16. The summed E-state index contributed by atoms with van der Waals surface area (Å²) in [6, 6.07) is 16.0. The van der Waals surface area contributed by atoms with Gasteiger partial charge in [0.15, 0.2) is 0 Å². The first-order valence-electron chi connectivity index (χ1n) is 10.2. The SMILES string of the molecule is CCN(Cc1cccc(-c2ccc(Cn3c(O)csc3=O)cc2)c1)C(=O)OC(C)(C)C. The monoisotopic (exact) mass is 440 g/mol. The van der Waals surface area contributed by atoms with Gasteiger partial charge in [-0.05, 0) is 56.0 Å². The largest absolute Gasteiger partial charge is 0.494 e. The van der Waals surface area contributed by atoms with E-state index in [2.05, 4.69) is 6.07 Å². The Morgan fingerprint density at radius 1 is 1.10 bits per heavy atom. The molecular formula is C24H28N2O4S. The number of benzene rings is 2. The van der Waals surface area contributed by atoms with Crippen LogP contribution in [0.25, 0.3) is 11.1 Å². The number of aromatic nitrogens is 1. The molecule has 7 heteroatoms. The number of hydrogen-bond donors (Lipinski definition) is 1. The smallest absolute Gasteiger partial charge is 0.410 e. The van der Waals surface area contributed by atoms with Gasteiger partial charge in [-0.3, -0.25) is 9.36 Å². The van der Waals surface area contributed by atoms with Gasteiger partial charge in [-0.15, -0.1) is 0 Å². The van der Waals surface area contributed by atoms with Crippen molar-refractivity contribution in [2.24, 2.45) is 0 Å². The average Bonchev–Trinajstić information content (AvgIpc) is 3.03. The van der Waals surface area contributed by atoms with E-state index in [0.717, 1.165) is 33.6 Å². The van der Waals surface area contributed by atoms with Crippen molar-refractivity contribution in [2.45, 2.75) is 46.4 Å². The molecule has 2 aromatic carbocycles. The van der Waals surface area contributed by atoms with Crippen LogP contribution in [0.15, 0.2) is 58.7 Å². The average molecular weight is 441 g/mol. The Bertz CT molecular complexity index is 1090. The van der Waals surface area contributed by atoms with Gasteiger partial charge in [-0.25, -0.2) is 4.79 Å². The molecule has 1 aromatic heterocycles. The molecule has 0 aliphatic heterocycles. The van der Waals surface area contributed by atoms with Crippen LogP contribution in [0.1, 0.15) is 38.8 Å². The summed E-state index contributed by atoms with van der Waals surface area (Å²) in [6.07, 6.45) is -0.323. The van der Waals surface area contributed by atoms with Crippen LogP contribution in [0, 0.1) is 0 Å². The van der Waals surface area contributed by atoms with Crippen LogP contribution >= 0.6 is 11.3 Å². The van der Waals surface area contributed by atoms with Gasteiger partial charge in [0.05, 0.1) is 11.9 Å². The number of thiazole rings is 1. The number of rotatable bonds is 6. The highest BCUT2D eigenvalue weighted by Gasteiger charge is 2.21. The van der Waals surface area contributed by atoms with E-state index in [9.17, 15) is 14.7 Å². The lowest BCUT2D eigenvalue weighted by atomic mass is 10.0. The first kappa shape index (κ1) is 22.6. The molecule has 0 aliphatic rings. The minimum absolute atomic E-state index is 0.0164. The number of amides is 1. The fourth-order valence-corrected chi connectivity index (χ4v) is 3.77. The van der Waals surface area contributed by atoms with E-state index in [1.165, 1.54) is 9.95 Å². The van der Waals surface area contributed by atoms with Crippen molar-refractivity contribution in [3.63, 3.8) is 0 Å². The molecule has 6 nitrogen and oxygen atoms in total. The van der Waals surface area contributed by atoms with Crippen molar-refractivity contribution < 1.29 is 14.6 Å². The summed E-state index contributed by atoms with van der Waals surface area (Å²) in [5.74, 6) is -0.0164. The minimum atomic E-state index is -0.529. The van der Waals surface area contributed by atoms with Crippen molar-refractivity contribution in [1.82, 2.24) is 9.47 Å². The zero-order valence-corrected chi connectivity index (χ0v) is 19.1. The van der Waals surface area contributed by atoms with Crippen LogP contribution in [0.3, 0.4) is 0 Å². The Hall–Kier alpha value is -3.06. The van der Waals surface area contributed by atoms with Gasteiger partial charge in [0.1, 0.15) is 5.60 Å². The predicted octanol–water partition coefficient (Wildman–Crippen LogP) is 5.09. The maximum Gasteiger partial charge on any atom is 0.410 e. The zero-order valence-electron chi connectivity index (χ0n) is 18.3. The van der Waals surface area contributed by atoms with Crippen molar-refractivity contribution in [2.75, 3.05) is 6.54 Å². The summed E-state index contributed by atoms with van der Waals surface area (Å²) in [5.41, 5.74) is 3.49. The van der Waals surface area contributed by atoms with Crippen molar-refractivity contribution >= 4 is 17.4 Å². The second kappa shape index (κ2) is 9.39. The van der Waals surface area contributed by atoms with Crippen molar-refractivity contribution in [3.8, 4) is 17.0 Å². The molecule has 0 fully saturated rings. The molecule has 0 bridgehead atoms. The predicted molar refractivity (Wildman–Crippen MR) is 124 cm³/mol. The lowest BCUT2D eigenvalue weighted by Crippen LogP contribution is -2.36. The fraction of sp³-hybridized carbons (Fsp3) is 0.333. The lowest BCUT2D eigenvalue weighted by Gasteiger charge is -2.26. The Balaban J connectivity index is 1.73. The summed E-state index contributed by atoms with van der Waals surface area (Å²) in [5, 5.41) is 11.2. The number of nitrogens with zero attached hydrogens (tertiary/aromatic N) is 2. The number of carbonyl (C=O) groups is 1. The van der Waals surface area contributed by atoms with E-state index in [1.54, 1.807) is 4.90 Å². The van der Waals surface area contributed by atoms with E-state index in [1.807, 2.05) is 70.2 Å². The van der Waals surface area contributed by atoms with Crippen LogP contribution in [-0.2, 0) is 17.8 Å². The van der Waals surface area contributed by atoms with E-state index in [0.29, 0.717) is 19.6 Å². The number of carbonyl (C=O) groups excluding carboxylic acids is 1. The number of ether oxygens (including phenoxy) is 1. The quantitative estimate of drug-likeness (QED) is 0.580. The van der Waals surface area contributed by atoms with Crippen LogP contribution in [0.2, 0.25) is 0 Å². The third-order valence-electron chi connectivity index (χ3n) is 4.72. The molecule has 0 atom stereocenters. The third-order valence-corrected chi connectivity index (χ3v) is 5.47. The zero-order chi connectivity index (χ0) is 22.6. The molecule has 0 saturated heterocycles. The van der Waals surface area contributed by atoms with Gasteiger partial charge < -0.3 is 14.7 Å². The summed E-state index contributed by atoms with van der Waals surface area (Å²) in [7, 11) is 0. The van der Waals surface area contributed by atoms with Gasteiger partial charge in [0.25, 0.3) is 0 Å². The molecule has 0 unspecified atom stereocenters. The highest BCUT2D eigenvalue weighted by atomic mass is 32.1. The van der Waals surface area contributed by atoms with Gasteiger partial charge in [-0.2, -0.15) is 0 Å². The van der Waals surface area contributed by atoms with E-state index >= 15 is 0 Å². The summed E-state index contributed by atoms with van der Waals surface area (Å²) < 4.78 is 6.84. The Morgan fingerprint density at radius 2 is 1.81 bits per heavy atom. The highest BCUT2D eigenvalue weighted by Crippen LogP contribution is 2.23. The molecule has 164 valence electrons. The third kappa shape index (κ3) is 5.98. The molecule has 0 spiro atoms. The Kier molecular flexibility index (Phi) is 6.85. The van der Waals surface area contributed by atoms with Gasteiger partial charge in [0.2, 0.25) is 5.88 Å². The molecule has 1 amide bonds. The van der Waals surface area contributed by atoms with Gasteiger partial charge >= 0.3 is 11.0 Å². The summed E-state index contributed by atoms with van der Waals surface area (Å²) in [4.78, 5) is 25.7. The normalized spacial score (nSPS) is 11.4. The molecule has 0 aliphatic carbocycles. The second-order valence-electron chi connectivity index (χ2n) is 8.34. The Labute approximate surface area is 186 Å². The van der Waals surface area contributed by atoms with Gasteiger partial charge in [-0.1, -0.05) is 53.8 Å². The van der Waals surface area contributed by atoms with E-state index < -0.39 is 5.60 Å². The molecule has 0 saturated carbocycles. The van der Waals surface area contributed by atoms with E-state index in [-0.39, 0.29) is 16.8 Å². The highest BCUT2D eigenvalue weighted by molar-refractivity contribution is 7.07. The number of aromatic hydroxyl groups is 1. The molecule has 3 rings (SSSR count). The lowest BCUT2D eigenvalue weighted by molar-refractivity contribution is 0.0244. The Morgan fingerprint density at radius 3 is 2.39 bits per heavy atom. The van der Waals surface area contributed by atoms with Crippen molar-refractivity contribution in [1.29, 1.82) is 0 Å². The molecule has 1 N–H and O–H groups in total. The van der Waals surface area contributed by atoms with Crippen LogP contribution < -0.4 is 4.87 Å². The molecule has 1 heterocycles. The molecule has 31 heavy (non-hydrogen) atoms. The topological polar surface area (TPSA) is 71.8 Å². The molecule has 3 aromatic rings. The van der Waals surface area contributed by atoms with Gasteiger partial charge in [0, 0.05) is 13.1 Å². The molecule has 0 radical (unpaired) electrons. The van der Waals surface area contributed by atoms with Crippen LogP contribution in [0.5, 0.6) is 5.88 Å². The number of hydrogen-bond acceptors (Lipinski definition) is 5. The van der Waals surface area contributed by atoms with Crippen LogP contribution in [0.4, 0.5) is 4.79 Å². The maximum absolute atomic E-state index is 12.4. The molecular weight excluding hydrogens is 412 g/mol. The standard InChI is InChI=1S/C24H28N2O4S/c1-5-25(22(28)30-24(2,3)4)14-18-7-6-8-20(13-18)19-11-9-17(10-12-19)15-26-21(27)16-31-23(26)29/h6-13,16,27H,5,14-15H2,1-4H3. The summed E-state index contributed by atoms with van der Waals surface area (Å²) >= 11 is 0.984. The first-order chi connectivity index (χ1) is 14.7. The fourth-order valence-electron chi connectivity index (χ4n) is 3.16.